The van der Waals surface area contributed by atoms with Gasteiger partial charge in [0, 0.05) is 24.4 Å². The molecule has 0 saturated heterocycles. The third-order valence-corrected chi connectivity index (χ3v) is 7.29. The van der Waals surface area contributed by atoms with Gasteiger partial charge in [-0.25, -0.2) is 22.9 Å². The number of nitrogens with one attached hydrogen (secondary N) is 2. The number of carbonyl (C=O) groups excluding carboxylic acids is 3. The summed E-state index contributed by atoms with van der Waals surface area (Å²) in [6.07, 6.45) is 1.65. The molecule has 0 aliphatic carbocycles. The van der Waals surface area contributed by atoms with Crippen LogP contribution in [0.3, 0.4) is 0 Å². The Balaban J connectivity index is 1.50. The summed E-state index contributed by atoms with van der Waals surface area (Å²) in [5.41, 5.74) is 1.25. The molecule has 2 N–H and O–H groups in total. The molecule has 0 fully saturated rings. The first-order valence-electron chi connectivity index (χ1n) is 13.2. The van der Waals surface area contributed by atoms with Gasteiger partial charge < -0.3 is 19.5 Å². The minimum atomic E-state index is -4.16. The van der Waals surface area contributed by atoms with Crippen molar-refractivity contribution in [3.05, 3.63) is 83.6 Å². The average molecular weight is 584 g/mol. The van der Waals surface area contributed by atoms with Gasteiger partial charge in [0.05, 0.1) is 17.1 Å². The van der Waals surface area contributed by atoms with E-state index in [9.17, 15) is 22.8 Å². The molecule has 2 aromatic carbocycles. The van der Waals surface area contributed by atoms with E-state index in [0.29, 0.717) is 43.7 Å². The summed E-state index contributed by atoms with van der Waals surface area (Å²) in [5, 5.41) is 2.82. The first kappa shape index (κ1) is 31.1. The van der Waals surface area contributed by atoms with Gasteiger partial charge in [0.15, 0.2) is 0 Å². The molecule has 3 aromatic rings. The van der Waals surface area contributed by atoms with E-state index in [1.165, 1.54) is 24.3 Å². The molecule has 1 aromatic heterocycles. The van der Waals surface area contributed by atoms with Gasteiger partial charge in [-0.2, -0.15) is 0 Å². The number of sulfonamides is 1. The number of ether oxygens (including phenoxy) is 3. The minimum absolute atomic E-state index is 0.0471. The Morgan fingerprint density at radius 1 is 0.854 bits per heavy atom. The number of rotatable bonds is 13. The maximum atomic E-state index is 12.7. The summed E-state index contributed by atoms with van der Waals surface area (Å²) < 4.78 is 42.9. The molecule has 2 amide bonds. The molecule has 0 aliphatic rings. The molecule has 3 rings (SSSR count). The topological polar surface area (TPSA) is 150 Å². The third-order valence-electron chi connectivity index (χ3n) is 5.95. The van der Waals surface area contributed by atoms with Gasteiger partial charge in [0.1, 0.15) is 11.9 Å². The fourth-order valence-corrected chi connectivity index (χ4v) is 4.62. The second-order valence-corrected chi connectivity index (χ2v) is 10.5. The zero-order valence-electron chi connectivity index (χ0n) is 23.1. The Morgan fingerprint density at radius 3 is 2.10 bits per heavy atom. The average Bonchev–Trinajstić information content (AvgIpc) is 2.96. The summed E-state index contributed by atoms with van der Waals surface area (Å²) in [6, 6.07) is 15.3. The lowest BCUT2D eigenvalue weighted by molar-refractivity contribution is 0.0538. The van der Waals surface area contributed by atoms with Crippen LogP contribution in [0.2, 0.25) is 0 Å². The Morgan fingerprint density at radius 2 is 1.51 bits per heavy atom. The highest BCUT2D eigenvalue weighted by molar-refractivity contribution is 7.90. The molecule has 41 heavy (non-hydrogen) atoms. The number of hydrogen-bond donors (Lipinski definition) is 2. The molecule has 0 bridgehead atoms. The Kier molecular flexibility index (Phi) is 11.2. The van der Waals surface area contributed by atoms with Gasteiger partial charge >= 0.3 is 6.16 Å². The van der Waals surface area contributed by atoms with Crippen LogP contribution < -0.4 is 19.5 Å². The molecule has 12 heteroatoms. The fourth-order valence-electron chi connectivity index (χ4n) is 3.64. The monoisotopic (exact) mass is 583 g/mol. The molecular weight excluding hydrogens is 550 g/mol. The molecule has 0 aliphatic heterocycles. The lowest BCUT2D eigenvalue weighted by atomic mass is 10.1. The summed E-state index contributed by atoms with van der Waals surface area (Å²) in [7, 11) is -4.16. The minimum Gasteiger partial charge on any atom is -0.494 e. The van der Waals surface area contributed by atoms with Gasteiger partial charge in [-0.05, 0) is 74.2 Å². The smallest absolute Gasteiger partial charge is 0.494 e. The molecule has 1 heterocycles. The lowest BCUT2D eigenvalue weighted by Crippen LogP contribution is -2.30. The van der Waals surface area contributed by atoms with Crippen LogP contribution in [0.5, 0.6) is 11.6 Å². The number of aromatic nitrogens is 1. The first-order chi connectivity index (χ1) is 19.6. The van der Waals surface area contributed by atoms with Gasteiger partial charge in [-0.1, -0.05) is 26.0 Å². The summed E-state index contributed by atoms with van der Waals surface area (Å²) in [6.45, 7) is 6.52. The van der Waals surface area contributed by atoms with Gasteiger partial charge in [-0.15, -0.1) is 0 Å². The van der Waals surface area contributed by atoms with Crippen molar-refractivity contribution in [3.63, 3.8) is 0 Å². The molecule has 0 atom stereocenters. The van der Waals surface area contributed by atoms with Crippen molar-refractivity contribution in [2.24, 2.45) is 0 Å². The highest BCUT2D eigenvalue weighted by Gasteiger charge is 2.20. The number of carbonyl (C=O) groups is 3. The number of pyridine rings is 1. The van der Waals surface area contributed by atoms with Crippen LogP contribution in [0.4, 0.5) is 4.79 Å². The first-order valence-corrected chi connectivity index (χ1v) is 14.6. The van der Waals surface area contributed by atoms with Crippen molar-refractivity contribution in [3.8, 4) is 11.6 Å². The van der Waals surface area contributed by atoms with Crippen molar-refractivity contribution < 1.29 is 37.0 Å². The standard InChI is InChI=1S/C29H33N3O8S/c1-4-23(5-2)39-29(35)40-26-16-11-22(19-31-26)28(34)32-41(36,37)25-14-7-20(8-15-25)17-18-30-27(33)21-9-12-24(13-10-21)38-6-3/h7-16,19,23H,4-6,17-18H2,1-3H3,(H,30,33)(H,32,34). The van der Waals surface area contributed by atoms with Crippen LogP contribution in [0, 0.1) is 0 Å². The van der Waals surface area contributed by atoms with Gasteiger partial charge in [0.25, 0.3) is 21.8 Å². The van der Waals surface area contributed by atoms with E-state index in [0.717, 1.165) is 11.8 Å². The number of hydrogen-bond acceptors (Lipinski definition) is 9. The maximum absolute atomic E-state index is 12.7. The van der Waals surface area contributed by atoms with Crippen LogP contribution >= 0.6 is 0 Å². The second kappa shape index (κ2) is 14.8. The zero-order valence-corrected chi connectivity index (χ0v) is 23.9. The van der Waals surface area contributed by atoms with E-state index in [1.807, 2.05) is 25.5 Å². The van der Waals surface area contributed by atoms with Crippen LogP contribution in [0.15, 0.2) is 71.8 Å². The number of nitrogens with zero attached hydrogens (tertiary/aromatic N) is 1. The summed E-state index contributed by atoms with van der Waals surface area (Å²) >= 11 is 0. The highest BCUT2D eigenvalue weighted by Crippen LogP contribution is 2.15. The quantitative estimate of drug-likeness (QED) is 0.281. The molecular formula is C29H33N3O8S. The molecule has 218 valence electrons. The predicted molar refractivity (Wildman–Crippen MR) is 150 cm³/mol. The number of benzene rings is 2. The van der Waals surface area contributed by atoms with Gasteiger partial charge in [0.2, 0.25) is 5.88 Å². The molecule has 0 saturated carbocycles. The van der Waals surface area contributed by atoms with Crippen molar-refractivity contribution in [1.82, 2.24) is 15.0 Å². The normalized spacial score (nSPS) is 11.0. The largest absolute Gasteiger partial charge is 0.515 e. The fraction of sp³-hybridized carbons (Fsp3) is 0.310. The van der Waals surface area contributed by atoms with Crippen molar-refractivity contribution in [2.75, 3.05) is 13.2 Å². The van der Waals surface area contributed by atoms with E-state index in [2.05, 4.69) is 10.3 Å². The Labute approximate surface area is 239 Å². The Bertz CT molecular complexity index is 1420. The molecule has 0 spiro atoms. The molecule has 11 nitrogen and oxygen atoms in total. The van der Waals surface area contributed by atoms with E-state index in [1.54, 1.807) is 36.4 Å². The maximum Gasteiger partial charge on any atom is 0.515 e. The third kappa shape index (κ3) is 9.31. The van der Waals surface area contributed by atoms with Crippen molar-refractivity contribution in [2.45, 2.75) is 51.0 Å². The van der Waals surface area contributed by atoms with Crippen LogP contribution in [0.25, 0.3) is 0 Å². The second-order valence-electron chi connectivity index (χ2n) is 8.84. The lowest BCUT2D eigenvalue weighted by Gasteiger charge is -2.13. The van der Waals surface area contributed by atoms with Crippen LogP contribution in [-0.2, 0) is 21.2 Å². The SMILES string of the molecule is CCOc1ccc(C(=O)NCCc2ccc(S(=O)(=O)NC(=O)c3ccc(OC(=O)OC(CC)CC)nc3)cc2)cc1. The van der Waals surface area contributed by atoms with E-state index >= 15 is 0 Å². The molecule has 0 unspecified atom stereocenters. The Hall–Kier alpha value is -4.45. The van der Waals surface area contributed by atoms with E-state index < -0.39 is 22.1 Å². The summed E-state index contributed by atoms with van der Waals surface area (Å²) in [4.78, 5) is 40.5. The van der Waals surface area contributed by atoms with Crippen molar-refractivity contribution >= 4 is 28.0 Å². The van der Waals surface area contributed by atoms with E-state index in [-0.39, 0.29) is 28.4 Å². The highest BCUT2D eigenvalue weighted by atomic mass is 32.2. The van der Waals surface area contributed by atoms with Crippen LogP contribution in [-0.4, -0.2) is 50.6 Å². The van der Waals surface area contributed by atoms with Crippen LogP contribution in [0.1, 0.15) is 59.9 Å². The van der Waals surface area contributed by atoms with E-state index in [4.69, 9.17) is 14.2 Å². The summed E-state index contributed by atoms with van der Waals surface area (Å²) in [5.74, 6) is -0.534. The molecule has 0 radical (unpaired) electrons. The zero-order chi connectivity index (χ0) is 29.8. The van der Waals surface area contributed by atoms with Gasteiger partial charge in [-0.3, -0.25) is 9.59 Å². The predicted octanol–water partition coefficient (Wildman–Crippen LogP) is 4.28. The number of amides is 2. The van der Waals surface area contributed by atoms with Crippen molar-refractivity contribution in [1.29, 1.82) is 0 Å².